The Bertz CT molecular complexity index is 64.7. The molecule has 0 saturated carbocycles. The molecule has 1 radical (unpaired) electrons. The molecular weight excluding hydrogens is 186 g/mol. The molecule has 2 nitrogen and oxygen atoms in total. The van der Waals surface area contributed by atoms with Gasteiger partial charge < -0.3 is 5.11 Å². The van der Waals surface area contributed by atoms with Gasteiger partial charge in [-0.25, -0.2) is 4.79 Å². The molecule has 0 saturated heterocycles. The summed E-state index contributed by atoms with van der Waals surface area (Å²) in [5.41, 5.74) is 0. The molecule has 0 aliphatic heterocycles. The van der Waals surface area contributed by atoms with Gasteiger partial charge in [-0.2, -0.15) is 0 Å². The van der Waals surface area contributed by atoms with E-state index in [1.165, 1.54) is 0 Å². The van der Waals surface area contributed by atoms with Crippen LogP contribution >= 0.6 is 23.2 Å². The molecule has 0 aromatic carbocycles. The Balaban J connectivity index is 0. The summed E-state index contributed by atoms with van der Waals surface area (Å²) in [5.74, 6) is -1.21. The van der Waals surface area contributed by atoms with Crippen LogP contribution in [0.2, 0.25) is 0 Å². The van der Waals surface area contributed by atoms with E-state index < -0.39 is 10.8 Å². The molecule has 1 N–H and O–H groups in total. The molecule has 0 aliphatic carbocycles. The molecule has 0 rings (SSSR count). The molecule has 0 heterocycles. The Morgan fingerprint density at radius 3 is 1.71 bits per heavy atom. The molecule has 0 aromatic heterocycles. The first-order valence-electron chi connectivity index (χ1n) is 1.15. The Hall–Kier alpha value is 0.556. The minimum Gasteiger partial charge on any atom is -0.479 e. The second-order valence-electron chi connectivity index (χ2n) is 0.639. The van der Waals surface area contributed by atoms with Gasteiger partial charge in [-0.3, -0.25) is 0 Å². The second kappa shape index (κ2) is 4.71. The molecule has 0 aliphatic rings. The van der Waals surface area contributed by atoms with Crippen molar-refractivity contribution >= 4 is 29.2 Å². The Morgan fingerprint density at radius 2 is 1.71 bits per heavy atom. The van der Waals surface area contributed by atoms with E-state index in [2.05, 4.69) is 0 Å². The number of carbonyl (C=O) groups is 1. The number of halogens is 2. The predicted molar refractivity (Wildman–Crippen MR) is 23.1 cm³/mol. The maximum atomic E-state index is 9.44. The molecule has 0 unspecified atom stereocenters. The zero-order chi connectivity index (χ0) is 5.15. The maximum Gasteiger partial charge on any atom is 0.337 e. The van der Waals surface area contributed by atoms with Gasteiger partial charge in [0.1, 0.15) is 0 Å². The smallest absolute Gasteiger partial charge is 0.337 e. The molecule has 5 heteroatoms. The topological polar surface area (TPSA) is 37.3 Å². The first kappa shape index (κ1) is 10.5. The molecule has 7 heavy (non-hydrogen) atoms. The van der Waals surface area contributed by atoms with Crippen LogP contribution in [0.5, 0.6) is 0 Å². The van der Waals surface area contributed by atoms with E-state index in [1.54, 1.807) is 0 Å². The zero-order valence-corrected chi connectivity index (χ0v) is 5.57. The van der Waals surface area contributed by atoms with Gasteiger partial charge >= 0.3 is 5.97 Å². The van der Waals surface area contributed by atoms with Gasteiger partial charge in [0.2, 0.25) is 4.84 Å². The van der Waals surface area contributed by atoms with Gasteiger partial charge in [-0.1, -0.05) is 23.2 Å². The van der Waals surface area contributed by atoms with Gasteiger partial charge in [0.15, 0.2) is 0 Å². The van der Waals surface area contributed by atoms with Crippen molar-refractivity contribution in [2.45, 2.75) is 4.84 Å². The van der Waals surface area contributed by atoms with E-state index in [9.17, 15) is 4.79 Å². The first-order chi connectivity index (χ1) is 2.64. The third kappa shape index (κ3) is 6.56. The summed E-state index contributed by atoms with van der Waals surface area (Å²) < 4.78 is 0. The molecule has 0 spiro atoms. The van der Waals surface area contributed by atoms with Crippen molar-refractivity contribution in [2.75, 3.05) is 0 Å². The summed E-state index contributed by atoms with van der Waals surface area (Å²) in [7, 11) is 0. The Labute approximate surface area is 61.0 Å². The van der Waals surface area contributed by atoms with Crippen LogP contribution in [0.1, 0.15) is 0 Å². The summed E-state index contributed by atoms with van der Waals surface area (Å²) in [6, 6.07) is 0. The molecule has 0 atom stereocenters. The molecule has 0 fully saturated rings. The maximum absolute atomic E-state index is 9.44. The average molecular weight is 188 g/mol. The van der Waals surface area contributed by atoms with Crippen molar-refractivity contribution in [1.29, 1.82) is 0 Å². The molecule has 0 aromatic rings. The van der Waals surface area contributed by atoms with Crippen molar-refractivity contribution in [3.63, 3.8) is 0 Å². The normalized spacial score (nSPS) is 7.86. The van der Waals surface area contributed by atoms with E-state index in [-0.39, 0.29) is 16.8 Å². The number of aliphatic carboxylic acids is 1. The summed E-state index contributed by atoms with van der Waals surface area (Å²) >= 11 is 9.56. The minimum absolute atomic E-state index is 0. The molecule has 0 bridgehead atoms. The SMILES string of the molecule is O=C(O)C(Cl)Cl.[Co]. The number of rotatable bonds is 1. The summed E-state index contributed by atoms with van der Waals surface area (Å²) in [6.07, 6.45) is 0. The Morgan fingerprint density at radius 1 is 1.57 bits per heavy atom. The number of carboxylic acid groups (broad SMARTS) is 1. The predicted octanol–water partition coefficient (Wildman–Crippen LogP) is 0.872. The summed E-state index contributed by atoms with van der Waals surface area (Å²) in [5, 5.41) is 7.73. The number of hydrogen-bond donors (Lipinski definition) is 1. The van der Waals surface area contributed by atoms with Crippen LogP contribution in [0.25, 0.3) is 0 Å². The van der Waals surface area contributed by atoms with Crippen molar-refractivity contribution in [3.8, 4) is 0 Å². The molecule has 45 valence electrons. The van der Waals surface area contributed by atoms with Gasteiger partial charge in [0, 0.05) is 16.8 Å². The number of alkyl halides is 2. The van der Waals surface area contributed by atoms with Gasteiger partial charge in [-0.15, -0.1) is 0 Å². The fourth-order valence-electron chi connectivity index (χ4n) is 0. The van der Waals surface area contributed by atoms with Crippen LogP contribution in [0.15, 0.2) is 0 Å². The van der Waals surface area contributed by atoms with Crippen LogP contribution in [-0.2, 0) is 21.6 Å². The number of carboxylic acids is 1. The van der Waals surface area contributed by atoms with Crippen molar-refractivity contribution in [1.82, 2.24) is 0 Å². The van der Waals surface area contributed by atoms with Crippen LogP contribution < -0.4 is 0 Å². The van der Waals surface area contributed by atoms with E-state index in [4.69, 9.17) is 28.3 Å². The first-order valence-corrected chi connectivity index (χ1v) is 2.03. The summed E-state index contributed by atoms with van der Waals surface area (Å²) in [4.78, 5) is 8.15. The van der Waals surface area contributed by atoms with Gasteiger partial charge in [0.05, 0.1) is 0 Å². The van der Waals surface area contributed by atoms with E-state index in [1.807, 2.05) is 0 Å². The zero-order valence-electron chi connectivity index (χ0n) is 3.02. The van der Waals surface area contributed by atoms with Crippen molar-refractivity contribution in [3.05, 3.63) is 0 Å². The van der Waals surface area contributed by atoms with Crippen LogP contribution in [0.3, 0.4) is 0 Å². The van der Waals surface area contributed by atoms with Crippen LogP contribution in [0.4, 0.5) is 0 Å². The third-order valence-corrected chi connectivity index (χ3v) is 0.560. The fourth-order valence-corrected chi connectivity index (χ4v) is 0. The summed E-state index contributed by atoms with van der Waals surface area (Å²) in [6.45, 7) is 0. The van der Waals surface area contributed by atoms with E-state index >= 15 is 0 Å². The average Bonchev–Trinajstić information content (AvgIpc) is 1.36. The van der Waals surface area contributed by atoms with Gasteiger partial charge in [-0.05, 0) is 0 Å². The van der Waals surface area contributed by atoms with Crippen molar-refractivity contribution < 1.29 is 26.7 Å². The third-order valence-electron chi connectivity index (χ3n) is 0.187. The van der Waals surface area contributed by atoms with E-state index in [0.717, 1.165) is 0 Å². The standard InChI is InChI=1S/C2H2Cl2O2.Co/c3-1(4)2(5)6;/h1H,(H,5,6);. The monoisotopic (exact) mass is 187 g/mol. The van der Waals surface area contributed by atoms with E-state index in [0.29, 0.717) is 0 Å². The van der Waals surface area contributed by atoms with Gasteiger partial charge in [0.25, 0.3) is 0 Å². The largest absolute Gasteiger partial charge is 0.479 e. The number of hydrogen-bond acceptors (Lipinski definition) is 1. The Kier molecular flexibility index (Phi) is 7.08. The van der Waals surface area contributed by atoms with Crippen LogP contribution in [0, 0.1) is 0 Å². The molecular formula is C2H2Cl2CoO2. The van der Waals surface area contributed by atoms with Crippen LogP contribution in [-0.4, -0.2) is 15.9 Å². The quantitative estimate of drug-likeness (QED) is 0.619. The molecule has 0 amide bonds. The minimum atomic E-state index is -1.29. The van der Waals surface area contributed by atoms with Crippen molar-refractivity contribution in [2.24, 2.45) is 0 Å². The second-order valence-corrected chi connectivity index (χ2v) is 1.74. The fraction of sp³-hybridized carbons (Fsp3) is 0.500.